The van der Waals surface area contributed by atoms with Crippen LogP contribution < -0.4 is 10.6 Å². The predicted molar refractivity (Wildman–Crippen MR) is 62.7 cm³/mol. The number of nitrogens with zero attached hydrogens (tertiary/aromatic N) is 2. The van der Waals surface area contributed by atoms with Crippen LogP contribution in [0.1, 0.15) is 32.6 Å². The Balaban J connectivity index is 2.53. The lowest BCUT2D eigenvalue weighted by atomic mass is 10.1. The molecule has 100 valence electrons. The van der Waals surface area contributed by atoms with Crippen molar-refractivity contribution in [3.63, 3.8) is 0 Å². The van der Waals surface area contributed by atoms with Crippen molar-refractivity contribution in [1.82, 2.24) is 25.8 Å². The molecule has 0 aliphatic heterocycles. The van der Waals surface area contributed by atoms with E-state index in [0.717, 1.165) is 0 Å². The largest absolute Gasteiger partial charge is 0.480 e. The molecule has 0 aliphatic carbocycles. The topological polar surface area (TPSA) is 120 Å². The maximum absolute atomic E-state index is 11.6. The summed E-state index contributed by atoms with van der Waals surface area (Å²) in [4.78, 5) is 26.4. The minimum absolute atomic E-state index is 0.200. The van der Waals surface area contributed by atoms with E-state index in [1.807, 2.05) is 0 Å². The zero-order chi connectivity index (χ0) is 13.7. The van der Waals surface area contributed by atoms with Crippen molar-refractivity contribution in [2.75, 3.05) is 0 Å². The van der Waals surface area contributed by atoms with Gasteiger partial charge >= 0.3 is 12.0 Å². The van der Waals surface area contributed by atoms with E-state index in [0.29, 0.717) is 5.82 Å². The average molecular weight is 255 g/mol. The fourth-order valence-electron chi connectivity index (χ4n) is 1.39. The first-order valence-corrected chi connectivity index (χ1v) is 5.57. The monoisotopic (exact) mass is 255 g/mol. The van der Waals surface area contributed by atoms with Gasteiger partial charge in [0, 0.05) is 0 Å². The van der Waals surface area contributed by atoms with Gasteiger partial charge in [-0.15, -0.1) is 0 Å². The molecule has 1 aromatic heterocycles. The van der Waals surface area contributed by atoms with Crippen molar-refractivity contribution in [2.45, 2.75) is 32.9 Å². The molecule has 0 bridgehead atoms. The van der Waals surface area contributed by atoms with Gasteiger partial charge in [0.1, 0.15) is 18.2 Å². The third kappa shape index (κ3) is 3.72. The summed E-state index contributed by atoms with van der Waals surface area (Å²) in [5.74, 6) is -0.761. The molecule has 0 aliphatic rings. The molecule has 2 atom stereocenters. The Hall–Kier alpha value is -2.12. The lowest BCUT2D eigenvalue weighted by Crippen LogP contribution is -2.49. The number of nitrogens with one attached hydrogen (secondary N) is 3. The van der Waals surface area contributed by atoms with E-state index in [4.69, 9.17) is 5.11 Å². The van der Waals surface area contributed by atoms with Crippen LogP contribution in [-0.4, -0.2) is 38.3 Å². The first-order chi connectivity index (χ1) is 8.41. The number of rotatable bonds is 5. The molecular weight excluding hydrogens is 238 g/mol. The lowest BCUT2D eigenvalue weighted by Gasteiger charge is -2.19. The molecule has 0 aromatic carbocycles. The van der Waals surface area contributed by atoms with Crippen LogP contribution in [0.25, 0.3) is 0 Å². The number of urea groups is 1. The quantitative estimate of drug-likeness (QED) is 0.602. The molecule has 1 heterocycles. The van der Waals surface area contributed by atoms with Crippen molar-refractivity contribution >= 4 is 12.0 Å². The van der Waals surface area contributed by atoms with Gasteiger partial charge in [-0.2, -0.15) is 5.10 Å². The first kappa shape index (κ1) is 13.9. The molecule has 2 unspecified atom stereocenters. The number of carboxylic acid groups (broad SMARTS) is 1. The van der Waals surface area contributed by atoms with E-state index < -0.39 is 18.0 Å². The van der Waals surface area contributed by atoms with E-state index in [1.54, 1.807) is 20.8 Å². The summed E-state index contributed by atoms with van der Waals surface area (Å²) >= 11 is 0. The molecule has 0 fully saturated rings. The molecule has 8 heteroatoms. The molecule has 0 saturated carbocycles. The highest BCUT2D eigenvalue weighted by Crippen LogP contribution is 2.05. The Morgan fingerprint density at radius 3 is 2.44 bits per heavy atom. The van der Waals surface area contributed by atoms with E-state index in [2.05, 4.69) is 25.8 Å². The van der Waals surface area contributed by atoms with Gasteiger partial charge in [0.25, 0.3) is 0 Å². The van der Waals surface area contributed by atoms with Gasteiger partial charge in [-0.1, -0.05) is 13.8 Å². The van der Waals surface area contributed by atoms with Crippen molar-refractivity contribution in [3.05, 3.63) is 12.2 Å². The molecule has 1 aromatic rings. The van der Waals surface area contributed by atoms with Gasteiger partial charge < -0.3 is 15.7 Å². The third-order valence-corrected chi connectivity index (χ3v) is 2.41. The van der Waals surface area contributed by atoms with Gasteiger partial charge in [-0.3, -0.25) is 5.10 Å². The second kappa shape index (κ2) is 5.99. The van der Waals surface area contributed by atoms with Gasteiger partial charge in [-0.25, -0.2) is 14.6 Å². The lowest BCUT2D eigenvalue weighted by molar-refractivity contribution is -0.140. The van der Waals surface area contributed by atoms with E-state index >= 15 is 0 Å². The molecule has 4 N–H and O–H groups in total. The fourth-order valence-corrected chi connectivity index (χ4v) is 1.39. The Kier molecular flexibility index (Phi) is 4.64. The predicted octanol–water partition coefficient (Wildman–Crippen LogP) is 0.274. The van der Waals surface area contributed by atoms with Crippen LogP contribution in [0.2, 0.25) is 0 Å². The summed E-state index contributed by atoms with van der Waals surface area (Å²) in [5.41, 5.74) is 0. The molecule has 18 heavy (non-hydrogen) atoms. The highest BCUT2D eigenvalue weighted by atomic mass is 16.4. The highest BCUT2D eigenvalue weighted by Gasteiger charge is 2.24. The molecule has 2 amide bonds. The van der Waals surface area contributed by atoms with Crippen LogP contribution in [0.15, 0.2) is 6.33 Å². The number of aliphatic carboxylic acids is 1. The van der Waals surface area contributed by atoms with E-state index in [-0.39, 0.29) is 12.0 Å². The van der Waals surface area contributed by atoms with Crippen LogP contribution in [0, 0.1) is 5.92 Å². The molecule has 0 radical (unpaired) electrons. The molecule has 8 nitrogen and oxygen atoms in total. The fraction of sp³-hybridized carbons (Fsp3) is 0.600. The van der Waals surface area contributed by atoms with Crippen LogP contribution >= 0.6 is 0 Å². The number of carbonyl (C=O) groups is 2. The summed E-state index contributed by atoms with van der Waals surface area (Å²) in [6.45, 7) is 5.16. The first-order valence-electron chi connectivity index (χ1n) is 5.57. The van der Waals surface area contributed by atoms with Crippen LogP contribution in [0.4, 0.5) is 4.79 Å². The van der Waals surface area contributed by atoms with Crippen molar-refractivity contribution in [3.8, 4) is 0 Å². The number of aromatic nitrogens is 3. The van der Waals surface area contributed by atoms with Gasteiger partial charge in [-0.05, 0) is 12.8 Å². The third-order valence-electron chi connectivity index (χ3n) is 2.41. The molecule has 1 rings (SSSR count). The van der Waals surface area contributed by atoms with Crippen molar-refractivity contribution < 1.29 is 14.7 Å². The van der Waals surface area contributed by atoms with Gasteiger partial charge in [0.05, 0.1) is 6.04 Å². The number of carboxylic acids is 1. The zero-order valence-corrected chi connectivity index (χ0v) is 10.5. The number of hydrogen-bond acceptors (Lipinski definition) is 4. The smallest absolute Gasteiger partial charge is 0.326 e. The summed E-state index contributed by atoms with van der Waals surface area (Å²) < 4.78 is 0. The summed E-state index contributed by atoms with van der Waals surface area (Å²) in [6, 6.07) is -1.86. The average Bonchev–Trinajstić information content (AvgIpc) is 2.78. The van der Waals surface area contributed by atoms with Gasteiger partial charge in [0.2, 0.25) is 0 Å². The SMILES string of the molecule is CC(NC(=O)NC(C(=O)O)C(C)C)c1ncn[nH]1. The Labute approximate surface area is 104 Å². The summed E-state index contributed by atoms with van der Waals surface area (Å²) in [6.07, 6.45) is 1.33. The maximum Gasteiger partial charge on any atom is 0.326 e. The van der Waals surface area contributed by atoms with Crippen LogP contribution in [0.5, 0.6) is 0 Å². The Bertz CT molecular complexity index is 404. The highest BCUT2D eigenvalue weighted by molar-refractivity contribution is 5.82. The van der Waals surface area contributed by atoms with E-state index in [9.17, 15) is 9.59 Å². The second-order valence-corrected chi connectivity index (χ2v) is 4.27. The van der Waals surface area contributed by atoms with E-state index in [1.165, 1.54) is 6.33 Å². The Morgan fingerprint density at radius 2 is 2.00 bits per heavy atom. The Morgan fingerprint density at radius 1 is 1.33 bits per heavy atom. The van der Waals surface area contributed by atoms with Gasteiger partial charge in [0.15, 0.2) is 0 Å². The van der Waals surface area contributed by atoms with Crippen molar-refractivity contribution in [2.24, 2.45) is 5.92 Å². The standard InChI is InChI=1S/C10H17N5O3/c1-5(2)7(9(16)17)14-10(18)13-6(3)8-11-4-12-15-8/h4-7H,1-3H3,(H,16,17)(H,11,12,15)(H2,13,14,18). The molecule has 0 spiro atoms. The van der Waals surface area contributed by atoms with Crippen molar-refractivity contribution in [1.29, 1.82) is 0 Å². The normalized spacial score (nSPS) is 14.0. The maximum atomic E-state index is 11.6. The zero-order valence-electron chi connectivity index (χ0n) is 10.5. The number of carbonyl (C=O) groups excluding carboxylic acids is 1. The number of H-pyrrole nitrogens is 1. The number of hydrogen-bond donors (Lipinski definition) is 4. The molecule has 0 saturated heterocycles. The number of amides is 2. The minimum atomic E-state index is -1.06. The minimum Gasteiger partial charge on any atom is -0.480 e. The van der Waals surface area contributed by atoms with Crippen LogP contribution in [0.3, 0.4) is 0 Å². The van der Waals surface area contributed by atoms with Crippen LogP contribution in [-0.2, 0) is 4.79 Å². The summed E-state index contributed by atoms with van der Waals surface area (Å²) in [7, 11) is 0. The second-order valence-electron chi connectivity index (χ2n) is 4.27. The molecular formula is C10H17N5O3. The number of aromatic amines is 1. The summed E-state index contributed by atoms with van der Waals surface area (Å²) in [5, 5.41) is 20.2.